The number of thiazole rings is 1. The van der Waals surface area contributed by atoms with Crippen molar-refractivity contribution < 1.29 is 0 Å². The Kier molecular flexibility index (Phi) is 5.40. The standard InChI is InChI=1S/C16H28N2S/c1-5-6-13-7-8-15(17-4)14(9-13)10-16-18-11(2)12(3)19-16/h13-15,17H,5-10H2,1-4H3. The van der Waals surface area contributed by atoms with Gasteiger partial charge in [0.25, 0.3) is 0 Å². The molecule has 0 amide bonds. The van der Waals surface area contributed by atoms with Crippen molar-refractivity contribution in [1.29, 1.82) is 0 Å². The van der Waals surface area contributed by atoms with Crippen LogP contribution >= 0.6 is 11.3 Å². The Bertz CT molecular complexity index is 380. The van der Waals surface area contributed by atoms with E-state index in [0.29, 0.717) is 6.04 Å². The predicted molar refractivity (Wildman–Crippen MR) is 83.9 cm³/mol. The molecule has 0 spiro atoms. The maximum absolute atomic E-state index is 4.73. The number of aryl methyl sites for hydroxylation is 2. The molecule has 3 heteroatoms. The van der Waals surface area contributed by atoms with Gasteiger partial charge < -0.3 is 5.32 Å². The molecule has 0 aliphatic heterocycles. The molecule has 1 aromatic rings. The van der Waals surface area contributed by atoms with Crippen molar-refractivity contribution >= 4 is 11.3 Å². The third kappa shape index (κ3) is 3.79. The summed E-state index contributed by atoms with van der Waals surface area (Å²) >= 11 is 1.90. The van der Waals surface area contributed by atoms with Crippen LogP contribution in [0.3, 0.4) is 0 Å². The molecule has 19 heavy (non-hydrogen) atoms. The zero-order chi connectivity index (χ0) is 13.8. The van der Waals surface area contributed by atoms with Gasteiger partial charge in [0.1, 0.15) is 0 Å². The first kappa shape index (κ1) is 15.0. The molecule has 1 fully saturated rings. The zero-order valence-electron chi connectivity index (χ0n) is 12.8. The summed E-state index contributed by atoms with van der Waals surface area (Å²) in [5.41, 5.74) is 1.22. The second kappa shape index (κ2) is 6.85. The van der Waals surface area contributed by atoms with Gasteiger partial charge in [-0.15, -0.1) is 11.3 Å². The number of hydrogen-bond acceptors (Lipinski definition) is 3. The summed E-state index contributed by atoms with van der Waals surface area (Å²) in [5, 5.41) is 4.88. The first-order chi connectivity index (χ1) is 9.13. The molecule has 2 nitrogen and oxygen atoms in total. The van der Waals surface area contributed by atoms with Gasteiger partial charge in [-0.25, -0.2) is 4.98 Å². The second-order valence-electron chi connectivity index (χ2n) is 6.08. The first-order valence-electron chi connectivity index (χ1n) is 7.74. The van der Waals surface area contributed by atoms with Crippen LogP contribution in [-0.4, -0.2) is 18.1 Å². The Morgan fingerprint density at radius 1 is 1.32 bits per heavy atom. The second-order valence-corrected chi connectivity index (χ2v) is 7.36. The van der Waals surface area contributed by atoms with Crippen molar-refractivity contribution in [2.45, 2.75) is 65.3 Å². The maximum atomic E-state index is 4.73. The van der Waals surface area contributed by atoms with E-state index in [9.17, 15) is 0 Å². The van der Waals surface area contributed by atoms with E-state index < -0.39 is 0 Å². The van der Waals surface area contributed by atoms with Gasteiger partial charge in [0.2, 0.25) is 0 Å². The smallest absolute Gasteiger partial charge is 0.0934 e. The van der Waals surface area contributed by atoms with Crippen LogP contribution in [0.25, 0.3) is 0 Å². The number of rotatable bonds is 5. The number of nitrogens with one attached hydrogen (secondary N) is 1. The third-order valence-corrected chi connectivity index (χ3v) is 5.76. The molecule has 2 rings (SSSR count). The Hall–Kier alpha value is -0.410. The highest BCUT2D eigenvalue weighted by molar-refractivity contribution is 7.11. The number of aromatic nitrogens is 1. The minimum atomic E-state index is 0.692. The summed E-state index contributed by atoms with van der Waals surface area (Å²) in [6, 6.07) is 0.692. The van der Waals surface area contributed by atoms with Crippen LogP contribution in [0.15, 0.2) is 0 Å². The molecule has 0 bridgehead atoms. The van der Waals surface area contributed by atoms with Gasteiger partial charge in [0.15, 0.2) is 0 Å². The fourth-order valence-electron chi connectivity index (χ4n) is 3.49. The minimum absolute atomic E-state index is 0.692. The van der Waals surface area contributed by atoms with Crippen LogP contribution in [0.2, 0.25) is 0 Å². The monoisotopic (exact) mass is 280 g/mol. The first-order valence-corrected chi connectivity index (χ1v) is 8.55. The molecule has 108 valence electrons. The summed E-state index contributed by atoms with van der Waals surface area (Å²) in [6.45, 7) is 6.63. The Labute approximate surface area is 122 Å². The normalized spacial score (nSPS) is 27.7. The van der Waals surface area contributed by atoms with Gasteiger partial charge in [0.05, 0.1) is 10.7 Å². The lowest BCUT2D eigenvalue weighted by molar-refractivity contribution is 0.200. The molecule has 1 saturated carbocycles. The summed E-state index contributed by atoms with van der Waals surface area (Å²) in [5.74, 6) is 1.72. The lowest BCUT2D eigenvalue weighted by Crippen LogP contribution is -2.39. The van der Waals surface area contributed by atoms with Crippen molar-refractivity contribution in [3.63, 3.8) is 0 Å². The van der Waals surface area contributed by atoms with Crippen molar-refractivity contribution in [3.05, 3.63) is 15.6 Å². The Morgan fingerprint density at radius 3 is 2.68 bits per heavy atom. The minimum Gasteiger partial charge on any atom is -0.317 e. The summed E-state index contributed by atoms with van der Waals surface area (Å²) in [7, 11) is 2.12. The Balaban J connectivity index is 2.01. The van der Waals surface area contributed by atoms with Gasteiger partial charge in [-0.05, 0) is 52.0 Å². The van der Waals surface area contributed by atoms with E-state index in [4.69, 9.17) is 4.98 Å². The van der Waals surface area contributed by atoms with Crippen molar-refractivity contribution in [2.75, 3.05) is 7.05 Å². The van der Waals surface area contributed by atoms with Crippen molar-refractivity contribution in [3.8, 4) is 0 Å². The molecule has 3 unspecified atom stereocenters. The fourth-order valence-corrected chi connectivity index (χ4v) is 4.51. The molecule has 1 aliphatic carbocycles. The summed E-state index contributed by atoms with van der Waals surface area (Å²) < 4.78 is 0. The predicted octanol–water partition coefficient (Wildman–Crippen LogP) is 4.11. The van der Waals surface area contributed by atoms with E-state index in [1.54, 1.807) is 0 Å². The summed E-state index contributed by atoms with van der Waals surface area (Å²) in [4.78, 5) is 6.12. The lowest BCUT2D eigenvalue weighted by Gasteiger charge is -2.35. The molecule has 1 aliphatic rings. The molecule has 0 aromatic carbocycles. The largest absolute Gasteiger partial charge is 0.317 e. The summed E-state index contributed by atoms with van der Waals surface area (Å²) in [6.07, 6.45) is 8.04. The van der Waals surface area contributed by atoms with Gasteiger partial charge >= 0.3 is 0 Å². The van der Waals surface area contributed by atoms with Crippen LogP contribution in [0, 0.1) is 25.7 Å². The van der Waals surface area contributed by atoms with E-state index in [1.807, 2.05) is 11.3 Å². The van der Waals surface area contributed by atoms with Crippen LogP contribution < -0.4 is 5.32 Å². The average molecular weight is 280 g/mol. The van der Waals surface area contributed by atoms with Crippen LogP contribution in [0.5, 0.6) is 0 Å². The molecule has 1 aromatic heterocycles. The number of nitrogens with zero attached hydrogens (tertiary/aromatic N) is 1. The van der Waals surface area contributed by atoms with Gasteiger partial charge in [-0.2, -0.15) is 0 Å². The molecule has 1 heterocycles. The molecule has 1 N–H and O–H groups in total. The van der Waals surface area contributed by atoms with E-state index in [-0.39, 0.29) is 0 Å². The van der Waals surface area contributed by atoms with Crippen molar-refractivity contribution in [2.24, 2.45) is 11.8 Å². The molecule has 0 saturated heterocycles. The molecular weight excluding hydrogens is 252 g/mol. The lowest BCUT2D eigenvalue weighted by atomic mass is 9.75. The maximum Gasteiger partial charge on any atom is 0.0934 e. The van der Waals surface area contributed by atoms with Crippen LogP contribution in [-0.2, 0) is 6.42 Å². The van der Waals surface area contributed by atoms with Crippen molar-refractivity contribution in [1.82, 2.24) is 10.3 Å². The van der Waals surface area contributed by atoms with Crippen LogP contribution in [0.1, 0.15) is 54.6 Å². The molecule has 0 radical (unpaired) electrons. The van der Waals surface area contributed by atoms with E-state index in [0.717, 1.165) is 11.8 Å². The topological polar surface area (TPSA) is 24.9 Å². The van der Waals surface area contributed by atoms with E-state index >= 15 is 0 Å². The molecular formula is C16H28N2S. The highest BCUT2D eigenvalue weighted by Gasteiger charge is 2.29. The third-order valence-electron chi connectivity index (χ3n) is 4.67. The zero-order valence-corrected chi connectivity index (χ0v) is 13.6. The SMILES string of the molecule is CCCC1CCC(NC)C(Cc2nc(C)c(C)s2)C1. The van der Waals surface area contributed by atoms with E-state index in [2.05, 4.69) is 33.1 Å². The van der Waals surface area contributed by atoms with Gasteiger partial charge in [-0.3, -0.25) is 0 Å². The van der Waals surface area contributed by atoms with Gasteiger partial charge in [-0.1, -0.05) is 19.8 Å². The highest BCUT2D eigenvalue weighted by atomic mass is 32.1. The fraction of sp³-hybridized carbons (Fsp3) is 0.812. The molecule has 3 atom stereocenters. The Morgan fingerprint density at radius 2 is 2.11 bits per heavy atom. The van der Waals surface area contributed by atoms with Crippen LogP contribution in [0.4, 0.5) is 0 Å². The van der Waals surface area contributed by atoms with E-state index in [1.165, 1.54) is 54.1 Å². The average Bonchev–Trinajstić information content (AvgIpc) is 2.69. The number of hydrogen-bond donors (Lipinski definition) is 1. The highest BCUT2D eigenvalue weighted by Crippen LogP contribution is 2.35. The van der Waals surface area contributed by atoms with Gasteiger partial charge in [0, 0.05) is 17.3 Å². The quantitative estimate of drug-likeness (QED) is 0.878.